The van der Waals surface area contributed by atoms with Crippen LogP contribution in [0.25, 0.3) is 0 Å². The minimum Gasteiger partial charge on any atom is -0.486 e. The van der Waals surface area contributed by atoms with E-state index in [0.29, 0.717) is 65.8 Å². The molecule has 3 aromatic carbocycles. The summed E-state index contributed by atoms with van der Waals surface area (Å²) in [5, 5.41) is 4.00. The zero-order chi connectivity index (χ0) is 25.2. The van der Waals surface area contributed by atoms with Gasteiger partial charge in [0.15, 0.2) is 23.0 Å². The van der Waals surface area contributed by atoms with Crippen LogP contribution in [0, 0.1) is 0 Å². The van der Waals surface area contributed by atoms with Crippen LogP contribution in [-0.2, 0) is 19.7 Å². The molecule has 9 heteroatoms. The van der Waals surface area contributed by atoms with Crippen LogP contribution >= 0.6 is 11.6 Å². The number of hydrogen-bond donors (Lipinski definition) is 1. The van der Waals surface area contributed by atoms with E-state index in [4.69, 9.17) is 30.8 Å². The van der Waals surface area contributed by atoms with E-state index in [1.54, 1.807) is 6.07 Å². The lowest BCUT2D eigenvalue weighted by Gasteiger charge is -2.22. The molecular weight excluding hydrogens is 492 g/mol. The third kappa shape index (κ3) is 4.93. The van der Waals surface area contributed by atoms with Gasteiger partial charge in [-0.2, -0.15) is 0 Å². The van der Waals surface area contributed by atoms with E-state index in [2.05, 4.69) is 5.32 Å². The van der Waals surface area contributed by atoms with Crippen molar-refractivity contribution in [2.75, 3.05) is 25.2 Å². The summed E-state index contributed by atoms with van der Waals surface area (Å²) in [4.78, 5) is 20.5. The molecule has 8 nitrogen and oxygen atoms in total. The van der Waals surface area contributed by atoms with Crippen molar-refractivity contribution < 1.29 is 19.0 Å². The number of carbonyl (C=O) groups is 1. The molecule has 6 rings (SSSR count). The molecule has 0 bridgehead atoms. The van der Waals surface area contributed by atoms with Crippen LogP contribution in [0.1, 0.15) is 27.4 Å². The number of nitrogens with one attached hydrogen (secondary N) is 1. The molecule has 0 unspecified atom stereocenters. The van der Waals surface area contributed by atoms with Crippen LogP contribution in [-0.4, -0.2) is 40.2 Å². The molecule has 0 saturated heterocycles. The van der Waals surface area contributed by atoms with Gasteiger partial charge in [-0.3, -0.25) is 4.79 Å². The Hall–Kier alpha value is -4.17. The van der Waals surface area contributed by atoms with E-state index in [1.807, 2.05) is 76.2 Å². The van der Waals surface area contributed by atoms with Gasteiger partial charge in [-0.15, -0.1) is 0 Å². The lowest BCUT2D eigenvalue weighted by Crippen LogP contribution is -2.33. The van der Waals surface area contributed by atoms with Crippen molar-refractivity contribution in [3.05, 3.63) is 100 Å². The molecule has 4 aromatic rings. The molecule has 188 valence electrons. The van der Waals surface area contributed by atoms with Crippen molar-refractivity contribution in [3.8, 4) is 17.2 Å². The van der Waals surface area contributed by atoms with Crippen molar-refractivity contribution in [2.24, 2.45) is 0 Å². The molecule has 0 saturated carbocycles. The first-order valence-corrected chi connectivity index (χ1v) is 12.5. The summed E-state index contributed by atoms with van der Waals surface area (Å²) in [7, 11) is 0. The lowest BCUT2D eigenvalue weighted by atomic mass is 10.2. The summed E-state index contributed by atoms with van der Waals surface area (Å²) in [5.41, 5.74) is 2.56. The number of ether oxygens (including phenoxy) is 3. The summed E-state index contributed by atoms with van der Waals surface area (Å²) < 4.78 is 18.9. The number of hydrogen-bond acceptors (Lipinski definition) is 6. The summed E-state index contributed by atoms with van der Waals surface area (Å²) in [6.45, 7) is 2.47. The Morgan fingerprint density at radius 3 is 2.65 bits per heavy atom. The summed E-state index contributed by atoms with van der Waals surface area (Å²) in [6.07, 6.45) is 0. The van der Waals surface area contributed by atoms with E-state index >= 15 is 0 Å². The first kappa shape index (κ1) is 23.2. The van der Waals surface area contributed by atoms with Gasteiger partial charge >= 0.3 is 0 Å². The van der Waals surface area contributed by atoms with Gasteiger partial charge in [0.25, 0.3) is 5.91 Å². The van der Waals surface area contributed by atoms with Crippen LogP contribution in [0.15, 0.2) is 72.8 Å². The molecule has 0 aliphatic carbocycles. The van der Waals surface area contributed by atoms with Crippen LogP contribution < -0.4 is 19.5 Å². The summed E-state index contributed by atoms with van der Waals surface area (Å²) in [6, 6.07) is 23.1. The van der Waals surface area contributed by atoms with E-state index in [9.17, 15) is 4.79 Å². The Kier molecular flexibility index (Phi) is 6.32. The number of amides is 1. The van der Waals surface area contributed by atoms with Gasteiger partial charge in [0.05, 0.1) is 0 Å². The first-order chi connectivity index (χ1) is 18.1. The van der Waals surface area contributed by atoms with Gasteiger partial charge in [-0.25, -0.2) is 4.98 Å². The molecule has 0 fully saturated rings. The highest BCUT2D eigenvalue weighted by Gasteiger charge is 2.30. The maximum Gasteiger partial charge on any atom is 0.274 e. The normalized spacial score (nSPS) is 14.2. The fourth-order valence-electron chi connectivity index (χ4n) is 4.57. The molecule has 37 heavy (non-hydrogen) atoms. The Morgan fingerprint density at radius 1 is 0.946 bits per heavy atom. The number of nitrogens with zero attached hydrogens (tertiary/aromatic N) is 3. The van der Waals surface area contributed by atoms with E-state index in [1.165, 1.54) is 0 Å². The standard InChI is InChI=1S/C28H25ClN4O4/c29-21-8-4-7-20(13-21)15-32-12-11-30-27-26(28(32)34)33(16-19-5-2-1-3-6-19)25(31-27)17-35-22-9-10-23-24(14-22)37-18-36-23/h1-10,13-14,30H,11-12,15-18H2. The van der Waals surface area contributed by atoms with Gasteiger partial charge in [-0.05, 0) is 35.4 Å². The van der Waals surface area contributed by atoms with Crippen LogP contribution in [0.3, 0.4) is 0 Å². The minimum atomic E-state index is -0.0854. The molecule has 1 N–H and O–H groups in total. The highest BCUT2D eigenvalue weighted by Crippen LogP contribution is 2.35. The fraction of sp³-hybridized carbons (Fsp3) is 0.214. The van der Waals surface area contributed by atoms with Crippen LogP contribution in [0.2, 0.25) is 5.02 Å². The second-order valence-corrected chi connectivity index (χ2v) is 9.32. The van der Waals surface area contributed by atoms with Crippen LogP contribution in [0.4, 0.5) is 5.82 Å². The van der Waals surface area contributed by atoms with Gasteiger partial charge in [0.2, 0.25) is 6.79 Å². The predicted octanol–water partition coefficient (Wildman–Crippen LogP) is 4.96. The minimum absolute atomic E-state index is 0.0854. The Balaban J connectivity index is 1.32. The molecule has 2 aliphatic rings. The number of benzene rings is 3. The van der Waals surface area contributed by atoms with E-state index in [-0.39, 0.29) is 19.3 Å². The molecule has 0 radical (unpaired) electrons. The zero-order valence-electron chi connectivity index (χ0n) is 20.0. The second-order valence-electron chi connectivity index (χ2n) is 8.88. The largest absolute Gasteiger partial charge is 0.486 e. The average molecular weight is 517 g/mol. The van der Waals surface area contributed by atoms with Crippen molar-refractivity contribution >= 4 is 23.3 Å². The predicted molar refractivity (Wildman–Crippen MR) is 139 cm³/mol. The molecule has 0 spiro atoms. The molecule has 0 atom stereocenters. The van der Waals surface area contributed by atoms with Crippen molar-refractivity contribution in [1.82, 2.24) is 14.5 Å². The van der Waals surface area contributed by atoms with E-state index in [0.717, 1.165) is 11.1 Å². The maximum absolute atomic E-state index is 13.9. The number of carbonyl (C=O) groups excluding carboxylic acids is 1. The van der Waals surface area contributed by atoms with Crippen LogP contribution in [0.5, 0.6) is 17.2 Å². The number of halogens is 1. The number of rotatable bonds is 7. The Morgan fingerprint density at radius 2 is 1.78 bits per heavy atom. The Bertz CT molecular complexity index is 1440. The number of imidazole rings is 1. The van der Waals surface area contributed by atoms with E-state index < -0.39 is 0 Å². The number of fused-ring (bicyclic) bond motifs is 2. The zero-order valence-corrected chi connectivity index (χ0v) is 20.8. The maximum atomic E-state index is 13.9. The third-order valence-electron chi connectivity index (χ3n) is 6.37. The smallest absolute Gasteiger partial charge is 0.274 e. The van der Waals surface area contributed by atoms with Crippen molar-refractivity contribution in [1.29, 1.82) is 0 Å². The summed E-state index contributed by atoms with van der Waals surface area (Å²) >= 11 is 6.19. The number of aromatic nitrogens is 2. The summed E-state index contributed by atoms with van der Waals surface area (Å²) in [5.74, 6) is 3.11. The lowest BCUT2D eigenvalue weighted by molar-refractivity contribution is 0.0744. The van der Waals surface area contributed by atoms with Gasteiger partial charge in [0, 0.05) is 37.3 Å². The molecular formula is C28H25ClN4O4. The highest BCUT2D eigenvalue weighted by molar-refractivity contribution is 6.30. The van der Waals surface area contributed by atoms with Gasteiger partial charge < -0.3 is 29.0 Å². The average Bonchev–Trinajstić information content (AvgIpc) is 3.47. The van der Waals surface area contributed by atoms with Crippen molar-refractivity contribution in [2.45, 2.75) is 19.7 Å². The Labute approximate surface area is 219 Å². The highest BCUT2D eigenvalue weighted by atomic mass is 35.5. The third-order valence-corrected chi connectivity index (χ3v) is 6.60. The SMILES string of the molecule is O=C1c2c(nc(COc3ccc4c(c3)OCO4)n2Cc2ccccc2)NCCN1Cc1cccc(Cl)c1. The number of anilines is 1. The molecule has 2 aliphatic heterocycles. The van der Waals surface area contributed by atoms with Gasteiger partial charge in [-0.1, -0.05) is 54.1 Å². The molecule has 1 amide bonds. The first-order valence-electron chi connectivity index (χ1n) is 12.1. The topological polar surface area (TPSA) is 77.8 Å². The quantitative estimate of drug-likeness (QED) is 0.374. The second kappa shape index (κ2) is 10.1. The monoisotopic (exact) mass is 516 g/mol. The molecule has 1 aromatic heterocycles. The fourth-order valence-corrected chi connectivity index (χ4v) is 4.78. The van der Waals surface area contributed by atoms with Crippen molar-refractivity contribution in [3.63, 3.8) is 0 Å². The van der Waals surface area contributed by atoms with Gasteiger partial charge in [0.1, 0.15) is 18.2 Å². The molecule has 3 heterocycles.